The number of rotatable bonds is 2. The Labute approximate surface area is 192 Å². The Morgan fingerprint density at radius 3 is 1.29 bits per heavy atom. The Bertz CT molecular complexity index is 1450. The predicted molar refractivity (Wildman–Crippen MR) is 122 cm³/mol. The number of benzene rings is 3. The van der Waals surface area contributed by atoms with E-state index in [1.165, 1.54) is 24.3 Å². The number of aliphatic imine (C=N–C) groups is 2. The molecule has 1 aliphatic rings. The van der Waals surface area contributed by atoms with E-state index in [1.807, 2.05) is 12.4 Å². The van der Waals surface area contributed by atoms with Crippen molar-refractivity contribution in [3.05, 3.63) is 107 Å². The van der Waals surface area contributed by atoms with Crippen molar-refractivity contribution in [3.63, 3.8) is 0 Å². The highest BCUT2D eigenvalue weighted by Gasteiger charge is 2.31. The predicted octanol–water partition coefficient (Wildman–Crippen LogP) is 5.04. The highest BCUT2D eigenvalue weighted by molar-refractivity contribution is 6.30. The number of nitriles is 2. The minimum absolute atomic E-state index is 0.263. The number of fused-ring (bicyclic) bond motifs is 2. The zero-order chi connectivity index (χ0) is 23.7. The van der Waals surface area contributed by atoms with Gasteiger partial charge in [-0.05, 0) is 48.5 Å². The molecular formula is C26H12F2N6. The zero-order valence-electron chi connectivity index (χ0n) is 17.4. The molecule has 160 valence electrons. The lowest BCUT2D eigenvalue weighted by Gasteiger charge is -2.22. The first-order valence-electron chi connectivity index (χ1n) is 10.1. The monoisotopic (exact) mass is 446 g/mol. The van der Waals surface area contributed by atoms with Gasteiger partial charge in [-0.2, -0.15) is 20.5 Å². The van der Waals surface area contributed by atoms with Gasteiger partial charge in [0, 0.05) is 22.3 Å². The second-order valence-corrected chi connectivity index (χ2v) is 7.30. The van der Waals surface area contributed by atoms with Crippen LogP contribution in [0.15, 0.2) is 82.8 Å². The lowest BCUT2D eigenvalue weighted by molar-refractivity contribution is 0.627. The third-order valence-corrected chi connectivity index (χ3v) is 5.34. The molecule has 4 aromatic rings. The summed E-state index contributed by atoms with van der Waals surface area (Å²) in [6, 6.07) is 18.5. The summed E-state index contributed by atoms with van der Waals surface area (Å²) in [5.41, 5.74) is 4.14. The lowest BCUT2D eigenvalue weighted by atomic mass is 9.87. The summed E-state index contributed by atoms with van der Waals surface area (Å²) < 4.78 is 27.3. The minimum atomic E-state index is -0.415. The third-order valence-electron chi connectivity index (χ3n) is 5.34. The van der Waals surface area contributed by atoms with E-state index < -0.39 is 11.6 Å². The van der Waals surface area contributed by atoms with Gasteiger partial charge in [0.05, 0.1) is 11.4 Å². The molecule has 5 rings (SSSR count). The molecule has 0 spiro atoms. The standard InChI is InChI=1S/C26H12F2N6/c27-17-9-5-15(6-10-17)21-22(16-7-11-18(28)12-8-16)34-26-24(32-14-30)20-4-2-1-3-19(20)23(31-13-29)25(26)33-21/h1-12H/b31-23-,32-24+. The largest absolute Gasteiger partial charge is 0.241 e. The molecule has 0 N–H and O–H groups in total. The van der Waals surface area contributed by atoms with Crippen LogP contribution in [0.2, 0.25) is 0 Å². The average Bonchev–Trinajstić information content (AvgIpc) is 2.86. The summed E-state index contributed by atoms with van der Waals surface area (Å²) in [7, 11) is 0. The third kappa shape index (κ3) is 3.50. The van der Waals surface area contributed by atoms with Crippen molar-refractivity contribution in [1.29, 1.82) is 10.5 Å². The van der Waals surface area contributed by atoms with Crippen LogP contribution in [-0.2, 0) is 0 Å². The molecule has 8 heteroatoms. The maximum Gasteiger partial charge on any atom is 0.206 e. The maximum atomic E-state index is 13.6. The van der Waals surface area contributed by atoms with Crippen molar-refractivity contribution in [1.82, 2.24) is 9.97 Å². The first-order chi connectivity index (χ1) is 16.6. The van der Waals surface area contributed by atoms with Gasteiger partial charge in [-0.15, -0.1) is 0 Å². The lowest BCUT2D eigenvalue weighted by Crippen LogP contribution is -2.26. The van der Waals surface area contributed by atoms with Crippen LogP contribution in [0.25, 0.3) is 22.5 Å². The zero-order valence-corrected chi connectivity index (χ0v) is 17.4. The molecule has 34 heavy (non-hydrogen) atoms. The van der Waals surface area contributed by atoms with Crippen molar-refractivity contribution >= 4 is 11.4 Å². The van der Waals surface area contributed by atoms with E-state index in [0.717, 1.165) is 0 Å². The van der Waals surface area contributed by atoms with Crippen molar-refractivity contribution in [2.24, 2.45) is 9.98 Å². The molecule has 0 saturated carbocycles. The molecule has 0 amide bonds. The molecule has 0 saturated heterocycles. The normalized spacial score (nSPS) is 14.2. The first-order valence-corrected chi connectivity index (χ1v) is 10.1. The van der Waals surface area contributed by atoms with Crippen molar-refractivity contribution in [2.45, 2.75) is 0 Å². The van der Waals surface area contributed by atoms with Crippen LogP contribution in [0.3, 0.4) is 0 Å². The van der Waals surface area contributed by atoms with Crippen LogP contribution in [-0.4, -0.2) is 21.4 Å². The SMILES string of the molecule is N#C/N=C1/c2ccccc2/C(=N\C#N)c2nc(-c3ccc(F)cc3)c(-c3ccc(F)cc3)nc21. The van der Waals surface area contributed by atoms with Gasteiger partial charge in [-0.1, -0.05) is 24.3 Å². The molecule has 1 aliphatic carbocycles. The highest BCUT2D eigenvalue weighted by Crippen LogP contribution is 2.34. The van der Waals surface area contributed by atoms with E-state index in [2.05, 4.69) is 9.98 Å². The molecule has 3 aromatic carbocycles. The minimum Gasteiger partial charge on any atom is -0.241 e. The average molecular weight is 446 g/mol. The highest BCUT2D eigenvalue weighted by atomic mass is 19.1. The summed E-state index contributed by atoms with van der Waals surface area (Å²) in [6.45, 7) is 0. The van der Waals surface area contributed by atoms with Gasteiger partial charge >= 0.3 is 0 Å². The van der Waals surface area contributed by atoms with Gasteiger partial charge in [-0.3, -0.25) is 0 Å². The van der Waals surface area contributed by atoms with Crippen LogP contribution in [0.1, 0.15) is 22.5 Å². The Morgan fingerprint density at radius 1 is 0.559 bits per heavy atom. The number of nitrogens with zero attached hydrogens (tertiary/aromatic N) is 6. The second kappa shape index (κ2) is 8.45. The molecule has 6 nitrogen and oxygen atoms in total. The Morgan fingerprint density at radius 2 is 0.941 bits per heavy atom. The summed E-state index contributed by atoms with van der Waals surface area (Å²) in [5.74, 6) is -0.829. The van der Waals surface area contributed by atoms with Crippen LogP contribution < -0.4 is 0 Å². The molecule has 0 radical (unpaired) electrons. The van der Waals surface area contributed by atoms with Crippen LogP contribution in [0.4, 0.5) is 8.78 Å². The fraction of sp³-hybridized carbons (Fsp3) is 0. The number of hydrogen-bond acceptors (Lipinski definition) is 6. The van der Waals surface area contributed by atoms with E-state index in [9.17, 15) is 19.3 Å². The van der Waals surface area contributed by atoms with Gasteiger partial charge < -0.3 is 0 Å². The fourth-order valence-corrected chi connectivity index (χ4v) is 3.86. The molecule has 0 fully saturated rings. The molecule has 1 heterocycles. The first kappa shape index (κ1) is 20.8. The van der Waals surface area contributed by atoms with Gasteiger partial charge in [0.15, 0.2) is 0 Å². The summed E-state index contributed by atoms with van der Waals surface area (Å²) in [5, 5.41) is 18.7. The quantitative estimate of drug-likeness (QED) is 0.355. The molecule has 0 unspecified atom stereocenters. The maximum absolute atomic E-state index is 13.6. The smallest absolute Gasteiger partial charge is 0.206 e. The summed E-state index contributed by atoms with van der Waals surface area (Å²) >= 11 is 0. The molecule has 0 aliphatic heterocycles. The Kier molecular flexibility index (Phi) is 5.17. The van der Waals surface area contributed by atoms with Crippen molar-refractivity contribution < 1.29 is 8.78 Å². The van der Waals surface area contributed by atoms with Gasteiger partial charge in [0.25, 0.3) is 0 Å². The van der Waals surface area contributed by atoms with Crippen molar-refractivity contribution in [3.8, 4) is 34.9 Å². The molecular weight excluding hydrogens is 434 g/mol. The van der Waals surface area contributed by atoms with Gasteiger partial charge in [0.2, 0.25) is 12.4 Å². The second-order valence-electron chi connectivity index (χ2n) is 7.30. The summed E-state index contributed by atoms with van der Waals surface area (Å²) in [4.78, 5) is 17.6. The van der Waals surface area contributed by atoms with Crippen LogP contribution >= 0.6 is 0 Å². The summed E-state index contributed by atoms with van der Waals surface area (Å²) in [6.07, 6.45) is 3.62. The Hall–Kier alpha value is -5.08. The van der Waals surface area contributed by atoms with Crippen LogP contribution in [0, 0.1) is 34.5 Å². The van der Waals surface area contributed by atoms with Crippen molar-refractivity contribution in [2.75, 3.05) is 0 Å². The molecule has 0 bridgehead atoms. The van der Waals surface area contributed by atoms with E-state index in [4.69, 9.17) is 9.97 Å². The van der Waals surface area contributed by atoms with Crippen LogP contribution in [0.5, 0.6) is 0 Å². The number of halogens is 2. The van der Waals surface area contributed by atoms with E-state index in [1.54, 1.807) is 48.5 Å². The topological polar surface area (TPSA) is 98.1 Å². The van der Waals surface area contributed by atoms with E-state index in [0.29, 0.717) is 33.6 Å². The Balaban J connectivity index is 1.88. The van der Waals surface area contributed by atoms with Gasteiger partial charge in [0.1, 0.15) is 34.4 Å². The number of aromatic nitrogens is 2. The van der Waals surface area contributed by atoms with E-state index >= 15 is 0 Å². The fourth-order valence-electron chi connectivity index (χ4n) is 3.86. The molecule has 1 aromatic heterocycles. The molecule has 0 atom stereocenters. The van der Waals surface area contributed by atoms with E-state index in [-0.39, 0.29) is 22.8 Å². The number of hydrogen-bond donors (Lipinski definition) is 0. The van der Waals surface area contributed by atoms with Gasteiger partial charge in [-0.25, -0.2) is 18.7 Å².